The van der Waals surface area contributed by atoms with Crippen LogP contribution < -0.4 is 5.32 Å². The monoisotopic (exact) mass is 401 g/mol. The molecule has 0 spiro atoms. The Balaban J connectivity index is 1.54. The van der Waals surface area contributed by atoms with Crippen LogP contribution in [0.2, 0.25) is 5.15 Å². The topological polar surface area (TPSA) is 64.1 Å². The Labute approximate surface area is 166 Å². The van der Waals surface area contributed by atoms with Crippen LogP contribution in [0, 0.1) is 11.8 Å². The molecule has 0 radical (unpaired) electrons. The summed E-state index contributed by atoms with van der Waals surface area (Å²) in [5, 5.41) is 6.07. The number of ether oxygens (including phenoxy) is 1. The maximum absolute atomic E-state index is 12.7. The fourth-order valence-corrected chi connectivity index (χ4v) is 4.62. The summed E-state index contributed by atoms with van der Waals surface area (Å²) in [5.74, 6) is -0.0162. The first-order valence-electron chi connectivity index (χ1n) is 8.90. The Morgan fingerprint density at radius 1 is 1.11 bits per heavy atom. The van der Waals surface area contributed by atoms with Gasteiger partial charge in [0.15, 0.2) is 5.13 Å². The molecule has 1 aliphatic heterocycles. The molecule has 140 valence electrons. The summed E-state index contributed by atoms with van der Waals surface area (Å²) < 4.78 is 5.78. The molecular weight excluding hydrogens is 382 g/mol. The first-order valence-corrected chi connectivity index (χ1v) is 10.1. The van der Waals surface area contributed by atoms with Crippen LogP contribution in [0.1, 0.15) is 20.8 Å². The lowest BCUT2D eigenvalue weighted by Gasteiger charge is -2.16. The predicted octanol–water partition coefficient (Wildman–Crippen LogP) is 5.01. The van der Waals surface area contributed by atoms with Gasteiger partial charge in [0.1, 0.15) is 5.15 Å². The van der Waals surface area contributed by atoms with Crippen molar-refractivity contribution in [3.05, 3.63) is 41.8 Å². The normalized spacial score (nSPS) is 25.0. The fraction of sp³-hybridized carbons (Fsp3) is 0.350. The molecule has 1 N–H and O–H groups in total. The number of halogens is 1. The van der Waals surface area contributed by atoms with Crippen LogP contribution in [-0.4, -0.2) is 28.1 Å². The molecule has 1 amide bonds. The van der Waals surface area contributed by atoms with Crippen LogP contribution in [0.4, 0.5) is 5.13 Å². The number of fused-ring (bicyclic) bond motifs is 1. The van der Waals surface area contributed by atoms with E-state index < -0.39 is 0 Å². The summed E-state index contributed by atoms with van der Waals surface area (Å²) in [7, 11) is 0. The number of nitrogens with one attached hydrogen (secondary N) is 1. The van der Waals surface area contributed by atoms with Crippen molar-refractivity contribution in [3.63, 3.8) is 0 Å². The molecule has 0 aliphatic carbocycles. The summed E-state index contributed by atoms with van der Waals surface area (Å²) >= 11 is 7.45. The highest BCUT2D eigenvalue weighted by Crippen LogP contribution is 2.35. The quantitative estimate of drug-likeness (QED) is 0.626. The number of rotatable bonds is 3. The summed E-state index contributed by atoms with van der Waals surface area (Å²) in [4.78, 5) is 22.2. The number of carbonyl (C=O) groups excluding carboxylic acids is 1. The molecule has 0 saturated carbocycles. The van der Waals surface area contributed by atoms with E-state index >= 15 is 0 Å². The van der Waals surface area contributed by atoms with Crippen molar-refractivity contribution >= 4 is 44.7 Å². The SMILES string of the molecule is CC1OC(C)C(C(=O)Nc2ncc(-c3ccc4cnc(Cl)cc4c3)s2)C1C. The largest absolute Gasteiger partial charge is 0.374 e. The van der Waals surface area contributed by atoms with E-state index in [1.165, 1.54) is 11.3 Å². The zero-order valence-electron chi connectivity index (χ0n) is 15.3. The number of benzene rings is 1. The molecule has 4 rings (SSSR count). The number of carbonyl (C=O) groups is 1. The Morgan fingerprint density at radius 3 is 2.67 bits per heavy atom. The van der Waals surface area contributed by atoms with E-state index in [1.807, 2.05) is 32.0 Å². The van der Waals surface area contributed by atoms with Crippen molar-refractivity contribution in [3.8, 4) is 10.4 Å². The van der Waals surface area contributed by atoms with Crippen molar-refractivity contribution in [1.82, 2.24) is 9.97 Å². The van der Waals surface area contributed by atoms with E-state index in [1.54, 1.807) is 12.4 Å². The fourth-order valence-electron chi connectivity index (χ4n) is 3.64. The molecular formula is C20H20ClN3O2S. The lowest BCUT2D eigenvalue weighted by Crippen LogP contribution is -2.31. The summed E-state index contributed by atoms with van der Waals surface area (Å²) in [5.41, 5.74) is 1.03. The molecule has 7 heteroatoms. The van der Waals surface area contributed by atoms with Gasteiger partial charge in [-0.2, -0.15) is 0 Å². The minimum absolute atomic E-state index is 0.0309. The lowest BCUT2D eigenvalue weighted by atomic mass is 9.89. The number of pyridine rings is 1. The zero-order valence-corrected chi connectivity index (χ0v) is 16.8. The van der Waals surface area contributed by atoms with E-state index in [9.17, 15) is 4.79 Å². The Bertz CT molecular complexity index is 1010. The van der Waals surface area contributed by atoms with Gasteiger partial charge in [0.05, 0.1) is 23.0 Å². The maximum atomic E-state index is 12.7. The van der Waals surface area contributed by atoms with Gasteiger partial charge in [-0.3, -0.25) is 4.79 Å². The average Bonchev–Trinajstić information content (AvgIpc) is 3.18. The highest BCUT2D eigenvalue weighted by atomic mass is 35.5. The molecule has 1 fully saturated rings. The minimum atomic E-state index is -0.164. The lowest BCUT2D eigenvalue weighted by molar-refractivity contribution is -0.121. The van der Waals surface area contributed by atoms with Gasteiger partial charge >= 0.3 is 0 Å². The first-order chi connectivity index (χ1) is 12.9. The minimum Gasteiger partial charge on any atom is -0.374 e. The van der Waals surface area contributed by atoms with E-state index in [0.29, 0.717) is 10.3 Å². The summed E-state index contributed by atoms with van der Waals surface area (Å²) in [6.45, 7) is 6.02. The van der Waals surface area contributed by atoms with Gasteiger partial charge in [-0.15, -0.1) is 0 Å². The number of amides is 1. The first kappa shape index (κ1) is 18.3. The van der Waals surface area contributed by atoms with Crippen LogP contribution in [0.5, 0.6) is 0 Å². The van der Waals surface area contributed by atoms with E-state index in [0.717, 1.165) is 21.2 Å². The maximum Gasteiger partial charge on any atom is 0.232 e. The van der Waals surface area contributed by atoms with Gasteiger partial charge in [0, 0.05) is 17.8 Å². The van der Waals surface area contributed by atoms with Gasteiger partial charge in [-0.25, -0.2) is 9.97 Å². The number of nitrogens with zero attached hydrogens (tertiary/aromatic N) is 2. The molecule has 1 saturated heterocycles. The van der Waals surface area contributed by atoms with Crippen molar-refractivity contribution < 1.29 is 9.53 Å². The van der Waals surface area contributed by atoms with Crippen LogP contribution in [0.15, 0.2) is 36.7 Å². The highest BCUT2D eigenvalue weighted by Gasteiger charge is 2.41. The van der Waals surface area contributed by atoms with E-state index in [2.05, 4.69) is 28.3 Å². The summed E-state index contributed by atoms with van der Waals surface area (Å²) in [6.07, 6.45) is 3.53. The van der Waals surface area contributed by atoms with Crippen LogP contribution in [0.3, 0.4) is 0 Å². The van der Waals surface area contributed by atoms with Gasteiger partial charge in [-0.05, 0) is 42.8 Å². The Kier molecular flexibility index (Phi) is 4.88. The zero-order chi connectivity index (χ0) is 19.1. The van der Waals surface area contributed by atoms with Gasteiger partial charge < -0.3 is 10.1 Å². The summed E-state index contributed by atoms with van der Waals surface area (Å²) in [6, 6.07) is 7.92. The second kappa shape index (κ2) is 7.19. The number of thiazole rings is 1. The predicted molar refractivity (Wildman–Crippen MR) is 109 cm³/mol. The number of anilines is 1. The van der Waals surface area contributed by atoms with E-state index in [-0.39, 0.29) is 30.0 Å². The number of aromatic nitrogens is 2. The number of hydrogen-bond acceptors (Lipinski definition) is 5. The van der Waals surface area contributed by atoms with Crippen molar-refractivity contribution in [2.24, 2.45) is 11.8 Å². The highest BCUT2D eigenvalue weighted by molar-refractivity contribution is 7.19. The van der Waals surface area contributed by atoms with Crippen LogP contribution >= 0.6 is 22.9 Å². The molecule has 0 bridgehead atoms. The molecule has 3 aromatic rings. The molecule has 27 heavy (non-hydrogen) atoms. The third-order valence-corrected chi connectivity index (χ3v) is 6.42. The Morgan fingerprint density at radius 2 is 1.93 bits per heavy atom. The average molecular weight is 402 g/mol. The molecule has 1 aromatic carbocycles. The van der Waals surface area contributed by atoms with Crippen LogP contribution in [0.25, 0.3) is 21.2 Å². The molecule has 4 unspecified atom stereocenters. The van der Waals surface area contributed by atoms with Crippen molar-refractivity contribution in [2.75, 3.05) is 5.32 Å². The molecule has 5 nitrogen and oxygen atoms in total. The van der Waals surface area contributed by atoms with Gasteiger partial charge in [0.25, 0.3) is 0 Å². The third kappa shape index (κ3) is 3.57. The van der Waals surface area contributed by atoms with Gasteiger partial charge in [-0.1, -0.05) is 42.0 Å². The second-order valence-corrected chi connectivity index (χ2v) is 8.44. The smallest absolute Gasteiger partial charge is 0.232 e. The van der Waals surface area contributed by atoms with Gasteiger partial charge in [0.2, 0.25) is 5.91 Å². The standard InChI is InChI=1S/C20H20ClN3O2S/c1-10-11(2)26-12(3)18(10)19(25)24-20-23-9-16(27-20)13-4-5-14-8-22-17(21)7-15(14)6-13/h4-12,18H,1-3H3,(H,23,24,25). The number of hydrogen-bond donors (Lipinski definition) is 1. The van der Waals surface area contributed by atoms with Crippen molar-refractivity contribution in [1.29, 1.82) is 0 Å². The van der Waals surface area contributed by atoms with Crippen molar-refractivity contribution in [2.45, 2.75) is 33.0 Å². The molecule has 4 atom stereocenters. The molecule has 1 aliphatic rings. The second-order valence-electron chi connectivity index (χ2n) is 7.02. The third-order valence-electron chi connectivity index (χ3n) is 5.25. The van der Waals surface area contributed by atoms with E-state index in [4.69, 9.17) is 16.3 Å². The Hall–Kier alpha value is -2.02. The molecule has 2 aromatic heterocycles. The molecule has 3 heterocycles. The van der Waals surface area contributed by atoms with Crippen LogP contribution in [-0.2, 0) is 9.53 Å².